The Bertz CT molecular complexity index is 2950. The van der Waals surface area contributed by atoms with Crippen LogP contribution in [0.4, 0.5) is 0 Å². The number of rotatable bonds is 9. The summed E-state index contributed by atoms with van der Waals surface area (Å²) in [6.07, 6.45) is 6.74. The molecule has 62 heavy (non-hydrogen) atoms. The van der Waals surface area contributed by atoms with Crippen LogP contribution in [0.25, 0.3) is 70.8 Å². The number of benzene rings is 4. The second-order valence-electron chi connectivity index (χ2n) is 18.2. The Hall–Kier alpha value is -4.79. The van der Waals surface area contributed by atoms with Crippen LogP contribution in [0, 0.1) is 25.0 Å². The first-order valence-corrected chi connectivity index (χ1v) is 29.7. The molecule has 5 nitrogen and oxygen atoms in total. The number of thiophene rings is 1. The molecule has 0 spiro atoms. The molecule has 0 saturated carbocycles. The summed E-state index contributed by atoms with van der Waals surface area (Å²) in [6, 6.07) is 43.5. The molecule has 0 aliphatic heterocycles. The van der Waals surface area contributed by atoms with Gasteiger partial charge in [0.15, 0.2) is 0 Å². The van der Waals surface area contributed by atoms with E-state index in [1.165, 1.54) is 53.4 Å². The van der Waals surface area contributed by atoms with Crippen LogP contribution in [0.5, 0.6) is 0 Å². The Balaban J connectivity index is 0.000000233. The molecule has 0 atom stereocenters. The molecule has 8 heteroatoms. The second-order valence-corrected chi connectivity index (χ2v) is 29.7. The minimum Gasteiger partial charge on any atom is -0.333 e. The van der Waals surface area contributed by atoms with E-state index in [4.69, 9.17) is 9.97 Å². The molecule has 9 aromatic rings. The zero-order chi connectivity index (χ0) is 43.0. The molecular formula is C54H55GeIrN5S-2. The van der Waals surface area contributed by atoms with Crippen molar-refractivity contribution < 1.29 is 20.1 Å². The van der Waals surface area contributed by atoms with E-state index in [9.17, 15) is 0 Å². The van der Waals surface area contributed by atoms with Gasteiger partial charge in [-0.15, -0.1) is 18.2 Å². The summed E-state index contributed by atoms with van der Waals surface area (Å²) in [5.41, 5.74) is 14.0. The van der Waals surface area contributed by atoms with Crippen molar-refractivity contribution in [2.75, 3.05) is 0 Å². The SMILES string of the molecule is CC(C)Cc1cc(-c2[c-]cncc2)nc[c]1[Ge]([CH3])([CH3])[CH3].Cc1ccc2c(n1)sc1c(-c3nc4ccccc4n3-c3c(C(C)C)cc(-c4ccccc4)cc3C(C)C)[c-]ccc12.[Ir]. The fourth-order valence-corrected chi connectivity index (χ4v) is 12.9. The summed E-state index contributed by atoms with van der Waals surface area (Å²) < 4.78 is 5.11. The van der Waals surface area contributed by atoms with Gasteiger partial charge >= 0.3 is 125 Å². The summed E-state index contributed by atoms with van der Waals surface area (Å²) in [6.45, 7) is 15.8. The van der Waals surface area contributed by atoms with Crippen LogP contribution in [-0.4, -0.2) is 37.8 Å². The van der Waals surface area contributed by atoms with Crippen molar-refractivity contribution in [2.45, 2.75) is 84.0 Å². The maximum absolute atomic E-state index is 5.30. The zero-order valence-electron chi connectivity index (χ0n) is 37.5. The molecule has 4 aromatic carbocycles. The first kappa shape index (κ1) is 45.2. The Labute approximate surface area is 387 Å². The number of nitrogens with zero attached hydrogens (tertiary/aromatic N) is 5. The van der Waals surface area contributed by atoms with Gasteiger partial charge in [-0.05, 0) is 81.4 Å². The molecule has 9 rings (SSSR count). The van der Waals surface area contributed by atoms with Crippen LogP contribution >= 0.6 is 11.3 Å². The fraction of sp³-hybridized carbons (Fsp3) is 0.259. The molecule has 0 unspecified atom stereocenters. The Morgan fingerprint density at radius 2 is 1.45 bits per heavy atom. The average molecular weight is 1070 g/mol. The third-order valence-electron chi connectivity index (χ3n) is 11.3. The summed E-state index contributed by atoms with van der Waals surface area (Å²) in [7, 11) is 0. The smallest absolute Gasteiger partial charge is 0.113 e. The normalized spacial score (nSPS) is 11.8. The Morgan fingerprint density at radius 3 is 2.11 bits per heavy atom. The summed E-state index contributed by atoms with van der Waals surface area (Å²) in [5.74, 6) is 9.51. The minimum atomic E-state index is -1.87. The number of para-hydroxylation sites is 2. The van der Waals surface area contributed by atoms with Gasteiger partial charge in [0, 0.05) is 31.5 Å². The van der Waals surface area contributed by atoms with Crippen molar-refractivity contribution in [1.82, 2.24) is 24.5 Å². The van der Waals surface area contributed by atoms with Gasteiger partial charge in [0.1, 0.15) is 4.83 Å². The van der Waals surface area contributed by atoms with Gasteiger partial charge in [-0.25, -0.2) is 4.98 Å². The third-order valence-corrected chi connectivity index (χ3v) is 16.8. The van der Waals surface area contributed by atoms with Crippen molar-refractivity contribution in [1.29, 1.82) is 0 Å². The maximum atomic E-state index is 5.30. The van der Waals surface area contributed by atoms with Crippen molar-refractivity contribution >= 4 is 60.3 Å². The largest absolute Gasteiger partial charge is 0.333 e. The van der Waals surface area contributed by atoms with E-state index >= 15 is 0 Å². The van der Waals surface area contributed by atoms with Crippen LogP contribution in [0.15, 0.2) is 122 Å². The molecule has 0 fully saturated rings. The zero-order valence-corrected chi connectivity index (χ0v) is 42.8. The molecule has 5 aromatic heterocycles. The summed E-state index contributed by atoms with van der Waals surface area (Å²) in [4.78, 5) is 19.9. The molecule has 1 radical (unpaired) electrons. The van der Waals surface area contributed by atoms with Gasteiger partial charge in [-0.3, -0.25) is 4.98 Å². The number of aryl methyl sites for hydroxylation is 1. The first-order chi connectivity index (χ1) is 29.3. The Kier molecular flexibility index (Phi) is 13.8. The fourth-order valence-electron chi connectivity index (χ4n) is 8.32. The van der Waals surface area contributed by atoms with Gasteiger partial charge in [0.2, 0.25) is 0 Å². The van der Waals surface area contributed by atoms with Gasteiger partial charge in [-0.1, -0.05) is 87.2 Å². The standard InChI is InChI=1S/C37H32N3S.C17H23GeN2.Ir/c1-22(2)30-20-26(25-12-7-6-8-13-25)21-31(23(3)4)34(30)40-33-17-10-9-16-32(33)39-36(40)29-15-11-14-27-28-19-18-24(5)38-37(28)41-35(27)29;1-13(2)10-15-11-17(14-6-8-19-9-7-14)20-12-16(15)18(3,4)5;/h6-14,16-23H,1-5H3;6,8-9,11-13H,10H2,1-5H3;/q2*-1;. The van der Waals surface area contributed by atoms with Gasteiger partial charge in [-0.2, -0.15) is 11.3 Å². The molecule has 0 bridgehead atoms. The third kappa shape index (κ3) is 9.28. The van der Waals surface area contributed by atoms with E-state index in [2.05, 4.69) is 190 Å². The van der Waals surface area contributed by atoms with E-state index in [1.54, 1.807) is 23.7 Å². The first-order valence-electron chi connectivity index (χ1n) is 21.5. The van der Waals surface area contributed by atoms with Crippen molar-refractivity contribution in [3.8, 4) is 39.5 Å². The molecule has 317 valence electrons. The predicted molar refractivity (Wildman–Crippen MR) is 262 cm³/mol. The quantitative estimate of drug-likeness (QED) is 0.107. The van der Waals surface area contributed by atoms with Crippen LogP contribution in [-0.2, 0) is 26.5 Å². The summed E-state index contributed by atoms with van der Waals surface area (Å²) >= 11 is -0.134. The molecular weight excluding hydrogens is 1020 g/mol. The number of hydrogen-bond acceptors (Lipinski definition) is 5. The van der Waals surface area contributed by atoms with Crippen LogP contribution in [0.1, 0.15) is 75.8 Å². The predicted octanol–water partition coefficient (Wildman–Crippen LogP) is 14.2. The van der Waals surface area contributed by atoms with E-state index in [0.29, 0.717) is 17.8 Å². The van der Waals surface area contributed by atoms with Crippen molar-refractivity contribution in [3.63, 3.8) is 0 Å². The van der Waals surface area contributed by atoms with Gasteiger partial charge in [0.25, 0.3) is 0 Å². The average Bonchev–Trinajstić information content (AvgIpc) is 3.81. The molecule has 0 aliphatic carbocycles. The molecule has 0 amide bonds. The van der Waals surface area contributed by atoms with Crippen molar-refractivity contribution in [3.05, 3.63) is 156 Å². The van der Waals surface area contributed by atoms with Gasteiger partial charge < -0.3 is 4.57 Å². The molecule has 0 N–H and O–H groups in total. The number of fused-ring (bicyclic) bond motifs is 4. The van der Waals surface area contributed by atoms with Crippen molar-refractivity contribution in [2.24, 2.45) is 5.92 Å². The van der Waals surface area contributed by atoms with E-state index in [1.807, 2.05) is 12.1 Å². The maximum Gasteiger partial charge on any atom is 0.113 e. The molecule has 0 aliphatic rings. The molecule has 0 saturated heterocycles. The minimum absolute atomic E-state index is 0. The summed E-state index contributed by atoms with van der Waals surface area (Å²) in [5, 5.41) is 2.39. The van der Waals surface area contributed by atoms with E-state index < -0.39 is 13.3 Å². The van der Waals surface area contributed by atoms with Crippen LogP contribution < -0.4 is 4.40 Å². The number of aromatic nitrogens is 5. The van der Waals surface area contributed by atoms with E-state index in [0.717, 1.165) is 50.6 Å². The molecule has 5 heterocycles. The van der Waals surface area contributed by atoms with Crippen LogP contribution in [0.3, 0.4) is 0 Å². The number of pyridine rings is 3. The monoisotopic (exact) mass is 1070 g/mol. The van der Waals surface area contributed by atoms with Gasteiger partial charge in [0.05, 0.1) is 16.9 Å². The number of imidazole rings is 1. The topological polar surface area (TPSA) is 56.5 Å². The van der Waals surface area contributed by atoms with E-state index in [-0.39, 0.29) is 20.1 Å². The van der Waals surface area contributed by atoms with Crippen LogP contribution in [0.2, 0.25) is 17.3 Å². The Morgan fingerprint density at radius 1 is 0.742 bits per heavy atom. The number of hydrogen-bond donors (Lipinski definition) is 0. The second kappa shape index (κ2) is 18.9.